The Hall–Kier alpha value is -1.43. The maximum Gasteiger partial charge on any atom is 0.424 e. The van der Waals surface area contributed by atoms with Crippen molar-refractivity contribution in [2.75, 3.05) is 13.2 Å². The molecule has 0 aliphatic carbocycles. The van der Waals surface area contributed by atoms with Gasteiger partial charge in [-0.25, -0.2) is 4.79 Å². The number of ether oxygens (including phenoxy) is 2. The molecule has 15 heavy (non-hydrogen) atoms. The second-order valence-corrected chi connectivity index (χ2v) is 4.10. The van der Waals surface area contributed by atoms with Crippen molar-refractivity contribution in [3.05, 3.63) is 0 Å². The van der Waals surface area contributed by atoms with Crippen LogP contribution < -0.4 is 0 Å². The number of nitrogens with zero attached hydrogens (tertiary/aromatic N) is 1. The summed E-state index contributed by atoms with van der Waals surface area (Å²) in [5.74, 6) is -1.39. The molecule has 1 aliphatic rings. The maximum atomic E-state index is 11.4. The summed E-state index contributed by atoms with van der Waals surface area (Å²) in [5, 5.41) is 0. The van der Waals surface area contributed by atoms with Gasteiger partial charge in [-0.2, -0.15) is 4.90 Å². The quantitative estimate of drug-likeness (QED) is 0.543. The Morgan fingerprint density at radius 2 is 1.73 bits per heavy atom. The number of amides is 3. The summed E-state index contributed by atoms with van der Waals surface area (Å²) in [5.41, 5.74) is -0.740. The Labute approximate surface area is 87.1 Å². The molecule has 0 aromatic carbocycles. The van der Waals surface area contributed by atoms with Crippen LogP contribution in [0.5, 0.6) is 0 Å². The van der Waals surface area contributed by atoms with Gasteiger partial charge in [0.05, 0.1) is 0 Å². The summed E-state index contributed by atoms with van der Waals surface area (Å²) in [4.78, 5) is 34.3. The maximum absolute atomic E-state index is 11.4. The van der Waals surface area contributed by atoms with Gasteiger partial charge >= 0.3 is 6.09 Å². The molecule has 0 spiro atoms. The average Bonchev–Trinajstić information content (AvgIpc) is 1.99. The number of carbonyl (C=O) groups is 3. The molecule has 1 heterocycles. The van der Waals surface area contributed by atoms with Crippen LogP contribution in [0.1, 0.15) is 20.8 Å². The van der Waals surface area contributed by atoms with E-state index in [2.05, 4.69) is 4.74 Å². The van der Waals surface area contributed by atoms with Crippen LogP contribution in [-0.2, 0) is 19.1 Å². The van der Waals surface area contributed by atoms with Crippen molar-refractivity contribution in [1.82, 2.24) is 4.90 Å². The van der Waals surface area contributed by atoms with Crippen LogP contribution in [0.25, 0.3) is 0 Å². The fourth-order valence-corrected chi connectivity index (χ4v) is 1.01. The Bertz CT molecular complexity index is 288. The molecule has 6 nitrogen and oxygen atoms in total. The van der Waals surface area contributed by atoms with Crippen molar-refractivity contribution >= 4 is 17.9 Å². The van der Waals surface area contributed by atoms with Gasteiger partial charge in [-0.15, -0.1) is 0 Å². The van der Waals surface area contributed by atoms with Crippen LogP contribution in [0.3, 0.4) is 0 Å². The lowest BCUT2D eigenvalue weighted by molar-refractivity contribution is -0.156. The van der Waals surface area contributed by atoms with Gasteiger partial charge in [0.1, 0.15) is 18.8 Å². The first-order valence-electron chi connectivity index (χ1n) is 4.48. The number of hydrogen-bond donors (Lipinski definition) is 0. The van der Waals surface area contributed by atoms with Gasteiger partial charge in [-0.3, -0.25) is 9.59 Å². The Kier molecular flexibility index (Phi) is 3.09. The molecule has 0 aromatic rings. The lowest BCUT2D eigenvalue weighted by Crippen LogP contribution is -2.51. The van der Waals surface area contributed by atoms with E-state index in [0.29, 0.717) is 4.90 Å². The van der Waals surface area contributed by atoms with E-state index in [4.69, 9.17) is 4.74 Å². The smallest absolute Gasteiger partial charge is 0.424 e. The van der Waals surface area contributed by atoms with Gasteiger partial charge in [-0.05, 0) is 20.8 Å². The number of morpholine rings is 1. The molecule has 84 valence electrons. The Morgan fingerprint density at radius 1 is 1.27 bits per heavy atom. The first kappa shape index (κ1) is 11.6. The third kappa shape index (κ3) is 3.02. The molecule has 0 bridgehead atoms. The van der Waals surface area contributed by atoms with E-state index in [0.717, 1.165) is 0 Å². The first-order chi connectivity index (χ1) is 6.81. The van der Waals surface area contributed by atoms with Crippen molar-refractivity contribution in [3.8, 4) is 0 Å². The number of carbonyl (C=O) groups excluding carboxylic acids is 3. The number of hydrogen-bond acceptors (Lipinski definition) is 5. The third-order valence-electron chi connectivity index (χ3n) is 1.53. The Morgan fingerprint density at radius 3 is 2.13 bits per heavy atom. The molecular weight excluding hydrogens is 202 g/mol. The minimum atomic E-state index is -0.944. The molecule has 1 aliphatic heterocycles. The highest BCUT2D eigenvalue weighted by Gasteiger charge is 2.35. The van der Waals surface area contributed by atoms with E-state index in [1.165, 1.54) is 0 Å². The molecule has 0 atom stereocenters. The van der Waals surface area contributed by atoms with Gasteiger partial charge in [0, 0.05) is 0 Å². The second-order valence-electron chi connectivity index (χ2n) is 4.10. The largest absolute Gasteiger partial charge is 0.443 e. The molecule has 1 fully saturated rings. The Balaban J connectivity index is 2.72. The highest BCUT2D eigenvalue weighted by atomic mass is 16.6. The summed E-state index contributed by atoms with van der Waals surface area (Å²) in [7, 11) is 0. The lowest BCUT2D eigenvalue weighted by Gasteiger charge is -2.26. The van der Waals surface area contributed by atoms with Crippen molar-refractivity contribution < 1.29 is 23.9 Å². The lowest BCUT2D eigenvalue weighted by atomic mass is 10.2. The summed E-state index contributed by atoms with van der Waals surface area (Å²) < 4.78 is 9.56. The zero-order valence-corrected chi connectivity index (χ0v) is 8.90. The SMILES string of the molecule is CC(C)(C)OC(=O)N1C(=O)COCC1=O. The van der Waals surface area contributed by atoms with Gasteiger partial charge in [0.25, 0.3) is 11.8 Å². The third-order valence-corrected chi connectivity index (χ3v) is 1.53. The topological polar surface area (TPSA) is 72.9 Å². The molecule has 0 saturated carbocycles. The van der Waals surface area contributed by atoms with Gasteiger partial charge < -0.3 is 9.47 Å². The molecule has 0 N–H and O–H groups in total. The van der Waals surface area contributed by atoms with Crippen LogP contribution in [0.2, 0.25) is 0 Å². The molecule has 1 saturated heterocycles. The van der Waals surface area contributed by atoms with Crippen LogP contribution in [0.15, 0.2) is 0 Å². The minimum Gasteiger partial charge on any atom is -0.443 e. The van der Waals surface area contributed by atoms with Crippen molar-refractivity contribution in [3.63, 3.8) is 0 Å². The second kappa shape index (κ2) is 3.98. The van der Waals surface area contributed by atoms with E-state index in [1.807, 2.05) is 0 Å². The summed E-state index contributed by atoms with van der Waals surface area (Å²) in [6.07, 6.45) is -0.944. The van der Waals surface area contributed by atoms with E-state index < -0.39 is 23.5 Å². The number of imide groups is 3. The average molecular weight is 215 g/mol. The molecule has 0 aromatic heterocycles. The monoisotopic (exact) mass is 215 g/mol. The predicted octanol–water partition coefficient (Wildman–Crippen LogP) is 0.307. The van der Waals surface area contributed by atoms with Crippen molar-refractivity contribution in [2.45, 2.75) is 26.4 Å². The van der Waals surface area contributed by atoms with Crippen molar-refractivity contribution in [1.29, 1.82) is 0 Å². The minimum absolute atomic E-state index is 0.273. The molecule has 6 heteroatoms. The predicted molar refractivity (Wildman–Crippen MR) is 48.9 cm³/mol. The molecule has 1 rings (SSSR count). The normalized spacial score (nSPS) is 17.9. The zero-order valence-electron chi connectivity index (χ0n) is 8.90. The number of rotatable bonds is 0. The fourth-order valence-electron chi connectivity index (χ4n) is 1.01. The summed E-state index contributed by atoms with van der Waals surface area (Å²) >= 11 is 0. The van der Waals surface area contributed by atoms with Crippen LogP contribution >= 0.6 is 0 Å². The van der Waals surface area contributed by atoms with Crippen LogP contribution in [0, 0.1) is 0 Å². The molecule has 0 unspecified atom stereocenters. The molecule has 3 amide bonds. The van der Waals surface area contributed by atoms with Gasteiger partial charge in [0.15, 0.2) is 0 Å². The van der Waals surface area contributed by atoms with E-state index in [1.54, 1.807) is 20.8 Å². The van der Waals surface area contributed by atoms with Gasteiger partial charge in [0.2, 0.25) is 0 Å². The summed E-state index contributed by atoms with van der Waals surface area (Å²) in [6.45, 7) is 4.41. The van der Waals surface area contributed by atoms with Gasteiger partial charge in [-0.1, -0.05) is 0 Å². The molecule has 0 radical (unpaired) electrons. The van der Waals surface area contributed by atoms with E-state index in [9.17, 15) is 14.4 Å². The first-order valence-corrected chi connectivity index (χ1v) is 4.48. The van der Waals surface area contributed by atoms with E-state index in [-0.39, 0.29) is 13.2 Å². The zero-order chi connectivity index (χ0) is 11.6. The molecular formula is C9H13NO5. The van der Waals surface area contributed by atoms with Crippen LogP contribution in [0.4, 0.5) is 4.79 Å². The van der Waals surface area contributed by atoms with E-state index >= 15 is 0 Å². The van der Waals surface area contributed by atoms with Crippen LogP contribution in [-0.4, -0.2) is 41.6 Å². The fraction of sp³-hybridized carbons (Fsp3) is 0.667. The highest BCUT2D eigenvalue weighted by Crippen LogP contribution is 2.12. The standard InChI is InChI=1S/C9H13NO5/c1-9(2,3)15-8(13)10-6(11)4-14-5-7(10)12/h4-5H2,1-3H3. The van der Waals surface area contributed by atoms with Crippen molar-refractivity contribution in [2.24, 2.45) is 0 Å². The highest BCUT2D eigenvalue weighted by molar-refractivity contribution is 6.10. The summed E-state index contributed by atoms with van der Waals surface area (Å²) in [6, 6.07) is 0.